The molecule has 2 aromatic heterocycles. The zero-order chi connectivity index (χ0) is 12.3. The monoisotopic (exact) mass is 269 g/mol. The molecule has 0 amide bonds. The lowest BCUT2D eigenvalue weighted by molar-refractivity contribution is -0.133. The van der Waals surface area contributed by atoms with Gasteiger partial charge < -0.3 is 9.67 Å². The highest BCUT2D eigenvalue weighted by molar-refractivity contribution is 7.99. The Balaban J connectivity index is 2.16. The van der Waals surface area contributed by atoms with Gasteiger partial charge in [0.05, 0.1) is 11.8 Å². The van der Waals surface area contributed by atoms with E-state index in [9.17, 15) is 4.79 Å². The molecule has 1 atom stereocenters. The Bertz CT molecular complexity index is 495. The number of thiazole rings is 1. The van der Waals surface area contributed by atoms with Crippen LogP contribution in [0.25, 0.3) is 0 Å². The Kier molecular flexibility index (Phi) is 3.80. The van der Waals surface area contributed by atoms with Gasteiger partial charge in [-0.15, -0.1) is 11.3 Å². The van der Waals surface area contributed by atoms with Crippen LogP contribution in [0.4, 0.5) is 0 Å². The van der Waals surface area contributed by atoms with Gasteiger partial charge in [0.2, 0.25) is 0 Å². The lowest BCUT2D eigenvalue weighted by Crippen LogP contribution is -2.08. The molecule has 90 valence electrons. The predicted octanol–water partition coefficient (Wildman–Crippen LogP) is 2.13. The number of aliphatic carboxylic acids is 1. The van der Waals surface area contributed by atoms with Crippen LogP contribution in [0.1, 0.15) is 18.0 Å². The molecule has 0 aliphatic heterocycles. The van der Waals surface area contributed by atoms with Crippen LogP contribution in [0, 0.1) is 0 Å². The second kappa shape index (κ2) is 5.33. The summed E-state index contributed by atoms with van der Waals surface area (Å²) in [6.07, 6.45) is 5.28. The van der Waals surface area contributed by atoms with Crippen molar-refractivity contribution < 1.29 is 9.90 Å². The smallest absolute Gasteiger partial charge is 0.313 e. The first-order valence-electron chi connectivity index (χ1n) is 4.95. The van der Waals surface area contributed by atoms with E-state index in [0.717, 1.165) is 5.01 Å². The molecule has 2 rings (SSSR count). The van der Waals surface area contributed by atoms with Crippen molar-refractivity contribution in [2.75, 3.05) is 5.75 Å². The van der Waals surface area contributed by atoms with Crippen LogP contribution >= 0.6 is 23.1 Å². The van der Waals surface area contributed by atoms with Gasteiger partial charge in [-0.25, -0.2) is 9.97 Å². The van der Waals surface area contributed by atoms with E-state index in [1.54, 1.807) is 23.7 Å². The van der Waals surface area contributed by atoms with E-state index in [1.165, 1.54) is 11.8 Å². The fourth-order valence-electron chi connectivity index (χ4n) is 1.39. The first kappa shape index (κ1) is 12.1. The van der Waals surface area contributed by atoms with E-state index in [0.29, 0.717) is 5.16 Å². The molecule has 0 spiro atoms. The molecular formula is C10H11N3O2S2. The van der Waals surface area contributed by atoms with E-state index < -0.39 is 5.97 Å². The molecule has 1 unspecified atom stereocenters. The van der Waals surface area contributed by atoms with E-state index in [1.807, 2.05) is 23.1 Å². The summed E-state index contributed by atoms with van der Waals surface area (Å²) in [7, 11) is 0. The van der Waals surface area contributed by atoms with Crippen LogP contribution < -0.4 is 0 Å². The van der Waals surface area contributed by atoms with Crippen LogP contribution in [0.5, 0.6) is 0 Å². The quantitative estimate of drug-likeness (QED) is 0.842. The Morgan fingerprint density at radius 1 is 1.59 bits per heavy atom. The fourth-order valence-corrected chi connectivity index (χ4v) is 2.84. The van der Waals surface area contributed by atoms with Crippen molar-refractivity contribution in [3.63, 3.8) is 0 Å². The maximum Gasteiger partial charge on any atom is 0.313 e. The summed E-state index contributed by atoms with van der Waals surface area (Å²) in [5, 5.41) is 12.3. The molecule has 0 radical (unpaired) electrons. The zero-order valence-electron chi connectivity index (χ0n) is 9.11. The lowest BCUT2D eigenvalue weighted by Gasteiger charge is -2.12. The summed E-state index contributed by atoms with van der Waals surface area (Å²) in [5.41, 5.74) is 0. The first-order chi connectivity index (χ1) is 8.18. The minimum atomic E-state index is -0.841. The minimum Gasteiger partial charge on any atom is -0.481 e. The summed E-state index contributed by atoms with van der Waals surface area (Å²) in [6, 6.07) is 0.0776. The maximum atomic E-state index is 10.5. The number of hydrogen-bond donors (Lipinski definition) is 1. The largest absolute Gasteiger partial charge is 0.481 e. The molecule has 2 heterocycles. The molecule has 7 heteroatoms. The molecular weight excluding hydrogens is 258 g/mol. The molecule has 1 N–H and O–H groups in total. The maximum absolute atomic E-state index is 10.5. The number of imidazole rings is 1. The van der Waals surface area contributed by atoms with Crippen LogP contribution in [0.15, 0.2) is 29.1 Å². The SMILES string of the molecule is CC(c1nccs1)n1ccnc1SCC(=O)O. The molecule has 0 aliphatic carbocycles. The second-order valence-corrected chi connectivity index (χ2v) is 5.21. The molecule has 0 fully saturated rings. The molecule has 0 saturated heterocycles. The molecule has 0 saturated carbocycles. The Morgan fingerprint density at radius 3 is 3.06 bits per heavy atom. The highest BCUT2D eigenvalue weighted by atomic mass is 32.2. The topological polar surface area (TPSA) is 68.0 Å². The first-order valence-corrected chi connectivity index (χ1v) is 6.82. The average Bonchev–Trinajstić information content (AvgIpc) is 2.96. The summed E-state index contributed by atoms with van der Waals surface area (Å²) in [5.74, 6) is -0.826. The zero-order valence-corrected chi connectivity index (χ0v) is 10.7. The summed E-state index contributed by atoms with van der Waals surface area (Å²) >= 11 is 2.79. The summed E-state index contributed by atoms with van der Waals surface area (Å²) in [4.78, 5) is 18.9. The van der Waals surface area contributed by atoms with Crippen molar-refractivity contribution in [3.05, 3.63) is 29.0 Å². The van der Waals surface area contributed by atoms with Gasteiger partial charge in [-0.2, -0.15) is 0 Å². The third-order valence-corrected chi connectivity index (χ3v) is 4.10. The standard InChI is InChI=1S/C10H11N3O2S2/c1-7(9-11-3-5-16-9)13-4-2-12-10(13)17-6-8(14)15/h2-5,7H,6H2,1H3,(H,14,15). The Labute approximate surface area is 107 Å². The normalized spacial score (nSPS) is 12.5. The van der Waals surface area contributed by atoms with Crippen molar-refractivity contribution in [2.45, 2.75) is 18.1 Å². The minimum absolute atomic E-state index is 0.0155. The number of thioether (sulfide) groups is 1. The molecule has 17 heavy (non-hydrogen) atoms. The number of aromatic nitrogens is 3. The van der Waals surface area contributed by atoms with Gasteiger partial charge >= 0.3 is 5.97 Å². The van der Waals surface area contributed by atoms with Gasteiger partial charge in [0.15, 0.2) is 5.16 Å². The van der Waals surface area contributed by atoms with Gasteiger partial charge in [0.1, 0.15) is 5.01 Å². The second-order valence-electron chi connectivity index (χ2n) is 3.35. The number of carboxylic acid groups (broad SMARTS) is 1. The number of carbonyl (C=O) groups is 1. The van der Waals surface area contributed by atoms with Gasteiger partial charge in [0, 0.05) is 24.0 Å². The van der Waals surface area contributed by atoms with Gasteiger partial charge in [0.25, 0.3) is 0 Å². The van der Waals surface area contributed by atoms with Crippen LogP contribution in [0.3, 0.4) is 0 Å². The highest BCUT2D eigenvalue weighted by Crippen LogP contribution is 2.25. The predicted molar refractivity (Wildman–Crippen MR) is 66.5 cm³/mol. The number of nitrogens with zero attached hydrogens (tertiary/aromatic N) is 3. The number of rotatable bonds is 5. The van der Waals surface area contributed by atoms with Gasteiger partial charge in [-0.3, -0.25) is 4.79 Å². The summed E-state index contributed by atoms with van der Waals surface area (Å²) < 4.78 is 1.94. The van der Waals surface area contributed by atoms with Gasteiger partial charge in [-0.05, 0) is 6.92 Å². The average molecular weight is 269 g/mol. The van der Waals surface area contributed by atoms with E-state index in [-0.39, 0.29) is 11.8 Å². The van der Waals surface area contributed by atoms with Crippen molar-refractivity contribution >= 4 is 29.1 Å². The van der Waals surface area contributed by atoms with Crippen molar-refractivity contribution in [2.24, 2.45) is 0 Å². The van der Waals surface area contributed by atoms with E-state index in [2.05, 4.69) is 9.97 Å². The van der Waals surface area contributed by atoms with Gasteiger partial charge in [-0.1, -0.05) is 11.8 Å². The number of carboxylic acids is 1. The van der Waals surface area contributed by atoms with Crippen LogP contribution in [-0.2, 0) is 4.79 Å². The lowest BCUT2D eigenvalue weighted by atomic mass is 10.3. The highest BCUT2D eigenvalue weighted by Gasteiger charge is 2.15. The molecule has 5 nitrogen and oxygen atoms in total. The van der Waals surface area contributed by atoms with Crippen molar-refractivity contribution in [3.8, 4) is 0 Å². The van der Waals surface area contributed by atoms with E-state index in [4.69, 9.17) is 5.11 Å². The fraction of sp³-hybridized carbons (Fsp3) is 0.300. The number of hydrogen-bond acceptors (Lipinski definition) is 5. The van der Waals surface area contributed by atoms with Crippen LogP contribution in [-0.4, -0.2) is 31.4 Å². The van der Waals surface area contributed by atoms with Crippen molar-refractivity contribution in [1.82, 2.24) is 14.5 Å². The molecule has 2 aromatic rings. The molecule has 0 aromatic carbocycles. The summed E-state index contributed by atoms with van der Waals surface area (Å²) in [6.45, 7) is 2.02. The molecule has 0 bridgehead atoms. The third-order valence-electron chi connectivity index (χ3n) is 2.18. The third kappa shape index (κ3) is 2.86. The van der Waals surface area contributed by atoms with Crippen LogP contribution in [0.2, 0.25) is 0 Å². The Morgan fingerprint density at radius 2 is 2.41 bits per heavy atom. The van der Waals surface area contributed by atoms with Crippen molar-refractivity contribution in [1.29, 1.82) is 0 Å². The molecule has 0 aliphatic rings. The Hall–Kier alpha value is -1.34. The van der Waals surface area contributed by atoms with E-state index >= 15 is 0 Å².